The van der Waals surface area contributed by atoms with Crippen molar-refractivity contribution in [3.05, 3.63) is 29.6 Å². The van der Waals surface area contributed by atoms with Crippen LogP contribution in [0.3, 0.4) is 0 Å². The molecule has 0 aromatic carbocycles. The highest BCUT2D eigenvalue weighted by atomic mass is 19.4. The van der Waals surface area contributed by atoms with Crippen LogP contribution in [0.25, 0.3) is 0 Å². The van der Waals surface area contributed by atoms with Crippen LogP contribution in [0.15, 0.2) is 18.2 Å². The van der Waals surface area contributed by atoms with Crippen molar-refractivity contribution >= 4 is 0 Å². The lowest BCUT2D eigenvalue weighted by Gasteiger charge is -2.20. The SMILES string of the molecule is CC(C)(C)NCCc1cccc(C(F)(F)F)n1. The van der Waals surface area contributed by atoms with Crippen molar-refractivity contribution in [1.29, 1.82) is 0 Å². The fourth-order valence-corrected chi connectivity index (χ4v) is 1.34. The summed E-state index contributed by atoms with van der Waals surface area (Å²) in [4.78, 5) is 3.60. The monoisotopic (exact) mass is 246 g/mol. The second-order valence-electron chi connectivity index (χ2n) is 4.94. The predicted octanol–water partition coefficient (Wildman–Crippen LogP) is 3.03. The molecule has 0 atom stereocenters. The Balaban J connectivity index is 2.61. The Kier molecular flexibility index (Phi) is 4.14. The van der Waals surface area contributed by atoms with Crippen LogP contribution >= 0.6 is 0 Å². The predicted molar refractivity (Wildman–Crippen MR) is 60.7 cm³/mol. The van der Waals surface area contributed by atoms with Gasteiger partial charge in [0.05, 0.1) is 0 Å². The van der Waals surface area contributed by atoms with Crippen LogP contribution in [-0.2, 0) is 12.6 Å². The van der Waals surface area contributed by atoms with Gasteiger partial charge in [-0.05, 0) is 32.9 Å². The normalized spacial score (nSPS) is 12.8. The van der Waals surface area contributed by atoms with Crippen LogP contribution in [0.4, 0.5) is 13.2 Å². The number of nitrogens with one attached hydrogen (secondary N) is 1. The molecule has 0 aliphatic heterocycles. The zero-order chi connectivity index (χ0) is 13.1. The van der Waals surface area contributed by atoms with Gasteiger partial charge in [-0.15, -0.1) is 0 Å². The third-order valence-electron chi connectivity index (χ3n) is 2.13. The molecule has 96 valence electrons. The minimum absolute atomic E-state index is 0.0400. The number of aromatic nitrogens is 1. The number of hydrogen-bond acceptors (Lipinski definition) is 2. The lowest BCUT2D eigenvalue weighted by Crippen LogP contribution is -2.37. The summed E-state index contributed by atoms with van der Waals surface area (Å²) >= 11 is 0. The van der Waals surface area contributed by atoms with Crippen molar-refractivity contribution in [2.45, 2.75) is 38.9 Å². The first-order chi connectivity index (χ1) is 7.68. The summed E-state index contributed by atoms with van der Waals surface area (Å²) < 4.78 is 37.2. The van der Waals surface area contributed by atoms with E-state index in [0.29, 0.717) is 18.7 Å². The molecule has 1 heterocycles. The summed E-state index contributed by atoms with van der Waals surface area (Å²) in [6.45, 7) is 6.63. The second kappa shape index (κ2) is 5.04. The van der Waals surface area contributed by atoms with Gasteiger partial charge in [0.1, 0.15) is 5.69 Å². The zero-order valence-corrected chi connectivity index (χ0v) is 10.2. The van der Waals surface area contributed by atoms with E-state index in [1.54, 1.807) is 6.07 Å². The highest BCUT2D eigenvalue weighted by molar-refractivity contribution is 5.13. The highest BCUT2D eigenvalue weighted by Crippen LogP contribution is 2.27. The van der Waals surface area contributed by atoms with Crippen molar-refractivity contribution in [2.24, 2.45) is 0 Å². The van der Waals surface area contributed by atoms with Gasteiger partial charge in [0.25, 0.3) is 0 Å². The van der Waals surface area contributed by atoms with Crippen LogP contribution in [0.5, 0.6) is 0 Å². The Morgan fingerprint density at radius 2 is 1.82 bits per heavy atom. The van der Waals surface area contributed by atoms with E-state index in [4.69, 9.17) is 0 Å². The smallest absolute Gasteiger partial charge is 0.312 e. The van der Waals surface area contributed by atoms with Crippen molar-refractivity contribution in [3.63, 3.8) is 0 Å². The molecule has 0 spiro atoms. The number of alkyl halides is 3. The third kappa shape index (κ3) is 5.17. The molecule has 0 radical (unpaired) electrons. The van der Waals surface area contributed by atoms with E-state index in [2.05, 4.69) is 10.3 Å². The van der Waals surface area contributed by atoms with Crippen LogP contribution < -0.4 is 5.32 Å². The van der Waals surface area contributed by atoms with Crippen LogP contribution in [0.1, 0.15) is 32.2 Å². The van der Waals surface area contributed by atoms with E-state index in [1.165, 1.54) is 6.07 Å². The number of rotatable bonds is 3. The summed E-state index contributed by atoms with van der Waals surface area (Å²) in [6.07, 6.45) is -3.88. The Bertz CT molecular complexity index is 367. The van der Waals surface area contributed by atoms with Gasteiger partial charge in [0.2, 0.25) is 0 Å². The Morgan fingerprint density at radius 1 is 1.18 bits per heavy atom. The molecule has 1 rings (SSSR count). The van der Waals surface area contributed by atoms with Crippen LogP contribution in [0, 0.1) is 0 Å². The van der Waals surface area contributed by atoms with Gasteiger partial charge in [-0.1, -0.05) is 6.07 Å². The topological polar surface area (TPSA) is 24.9 Å². The molecule has 0 aliphatic carbocycles. The molecule has 0 bridgehead atoms. The van der Waals surface area contributed by atoms with Gasteiger partial charge >= 0.3 is 6.18 Å². The molecule has 0 amide bonds. The molecule has 0 saturated heterocycles. The third-order valence-corrected chi connectivity index (χ3v) is 2.13. The Morgan fingerprint density at radius 3 is 2.35 bits per heavy atom. The fourth-order valence-electron chi connectivity index (χ4n) is 1.34. The molecular weight excluding hydrogens is 229 g/mol. The molecule has 1 N–H and O–H groups in total. The fraction of sp³-hybridized carbons (Fsp3) is 0.583. The van der Waals surface area contributed by atoms with Gasteiger partial charge in [-0.25, -0.2) is 4.98 Å². The highest BCUT2D eigenvalue weighted by Gasteiger charge is 2.32. The summed E-state index contributed by atoms with van der Waals surface area (Å²) in [5.74, 6) is 0. The largest absolute Gasteiger partial charge is 0.433 e. The van der Waals surface area contributed by atoms with Gasteiger partial charge in [-0.2, -0.15) is 13.2 Å². The van der Waals surface area contributed by atoms with Gasteiger partial charge in [0.15, 0.2) is 0 Å². The van der Waals surface area contributed by atoms with Crippen molar-refractivity contribution in [3.8, 4) is 0 Å². The molecule has 1 aromatic heterocycles. The maximum absolute atomic E-state index is 12.4. The first-order valence-electron chi connectivity index (χ1n) is 5.47. The van der Waals surface area contributed by atoms with Crippen molar-refractivity contribution in [1.82, 2.24) is 10.3 Å². The first-order valence-corrected chi connectivity index (χ1v) is 5.47. The van der Waals surface area contributed by atoms with E-state index in [-0.39, 0.29) is 5.54 Å². The van der Waals surface area contributed by atoms with Crippen LogP contribution in [0.2, 0.25) is 0 Å². The minimum Gasteiger partial charge on any atom is -0.312 e. The molecule has 5 heteroatoms. The van der Waals surface area contributed by atoms with E-state index in [1.807, 2.05) is 20.8 Å². The number of pyridine rings is 1. The van der Waals surface area contributed by atoms with E-state index in [9.17, 15) is 13.2 Å². The quantitative estimate of drug-likeness (QED) is 0.886. The molecule has 0 fully saturated rings. The molecule has 2 nitrogen and oxygen atoms in total. The lowest BCUT2D eigenvalue weighted by atomic mass is 10.1. The van der Waals surface area contributed by atoms with Gasteiger partial charge in [-0.3, -0.25) is 0 Å². The molecule has 1 aromatic rings. The number of halogens is 3. The van der Waals surface area contributed by atoms with Crippen molar-refractivity contribution < 1.29 is 13.2 Å². The first kappa shape index (κ1) is 14.0. The van der Waals surface area contributed by atoms with E-state index < -0.39 is 11.9 Å². The molecule has 0 unspecified atom stereocenters. The summed E-state index contributed by atoms with van der Waals surface area (Å²) in [6, 6.07) is 3.99. The standard InChI is InChI=1S/C12H17F3N2/c1-11(2,3)16-8-7-9-5-4-6-10(17-9)12(13,14)15/h4-6,16H,7-8H2,1-3H3. The Hall–Kier alpha value is -1.10. The average molecular weight is 246 g/mol. The second-order valence-corrected chi connectivity index (χ2v) is 4.94. The summed E-state index contributed by atoms with van der Waals surface area (Å²) in [5.41, 5.74) is -0.413. The molecule has 0 saturated carbocycles. The van der Waals surface area contributed by atoms with E-state index in [0.717, 1.165) is 6.07 Å². The zero-order valence-electron chi connectivity index (χ0n) is 10.2. The number of nitrogens with zero attached hydrogens (tertiary/aromatic N) is 1. The summed E-state index contributed by atoms with van der Waals surface area (Å²) in [7, 11) is 0. The van der Waals surface area contributed by atoms with Gasteiger partial charge < -0.3 is 5.32 Å². The summed E-state index contributed by atoms with van der Waals surface area (Å²) in [5, 5.41) is 3.21. The Labute approximate surface area is 99.3 Å². The van der Waals surface area contributed by atoms with Crippen molar-refractivity contribution in [2.75, 3.05) is 6.54 Å². The van der Waals surface area contributed by atoms with E-state index >= 15 is 0 Å². The van der Waals surface area contributed by atoms with Crippen LogP contribution in [-0.4, -0.2) is 17.1 Å². The minimum atomic E-state index is -4.37. The number of hydrogen-bond donors (Lipinski definition) is 1. The van der Waals surface area contributed by atoms with Gasteiger partial charge in [0, 0.05) is 24.2 Å². The average Bonchev–Trinajstić information content (AvgIpc) is 2.15. The maximum Gasteiger partial charge on any atom is 0.433 e. The molecule has 0 aliphatic rings. The lowest BCUT2D eigenvalue weighted by molar-refractivity contribution is -0.141. The molecular formula is C12H17F3N2. The molecule has 17 heavy (non-hydrogen) atoms. The maximum atomic E-state index is 12.4.